The number of carbonyl (C=O) groups is 1. The van der Waals surface area contributed by atoms with Gasteiger partial charge < -0.3 is 10.5 Å². The second kappa shape index (κ2) is 4.25. The lowest BCUT2D eigenvalue weighted by Crippen LogP contribution is -2.12. The van der Waals surface area contributed by atoms with E-state index in [1.807, 2.05) is 19.1 Å². The highest BCUT2D eigenvalue weighted by Gasteiger charge is 1.96. The summed E-state index contributed by atoms with van der Waals surface area (Å²) >= 11 is 0. The Morgan fingerprint density at radius 3 is 2.62 bits per heavy atom. The Bertz CT molecular complexity index is 317. The lowest BCUT2D eigenvalue weighted by molar-refractivity contribution is -0.110. The fourth-order valence-electron chi connectivity index (χ4n) is 0.864. The molecule has 0 fully saturated rings. The third-order valence-corrected chi connectivity index (χ3v) is 1.49. The molecule has 0 heterocycles. The zero-order valence-corrected chi connectivity index (χ0v) is 7.19. The Labute approximate surface area is 75.9 Å². The molecular formula is C9H10N2O2. The molecule has 0 aromatic heterocycles. The van der Waals surface area contributed by atoms with E-state index in [4.69, 9.17) is 5.21 Å². The summed E-state index contributed by atoms with van der Waals surface area (Å²) in [5, 5.41) is 13.2. The molecule has 1 rings (SSSR count). The third-order valence-electron chi connectivity index (χ3n) is 1.49. The van der Waals surface area contributed by atoms with Crippen molar-refractivity contribution in [2.45, 2.75) is 6.92 Å². The first-order valence-corrected chi connectivity index (χ1v) is 3.77. The Hall–Kier alpha value is -1.84. The van der Waals surface area contributed by atoms with Crippen molar-refractivity contribution in [1.82, 2.24) is 0 Å². The van der Waals surface area contributed by atoms with E-state index in [1.165, 1.54) is 0 Å². The van der Waals surface area contributed by atoms with Crippen LogP contribution in [0.15, 0.2) is 29.4 Å². The number of nitrogens with one attached hydrogen (secondary N) is 1. The number of amides is 1. The number of carbonyl (C=O) groups excluding carboxylic acids is 1. The van der Waals surface area contributed by atoms with Crippen molar-refractivity contribution in [2.75, 3.05) is 5.32 Å². The SMILES string of the molecule is Cc1ccc(NC(=O)C=NO)cc1. The summed E-state index contributed by atoms with van der Waals surface area (Å²) in [6, 6.07) is 7.31. The molecule has 0 spiro atoms. The zero-order chi connectivity index (χ0) is 9.68. The van der Waals surface area contributed by atoms with Crippen molar-refractivity contribution < 1.29 is 10.0 Å². The van der Waals surface area contributed by atoms with Crippen LogP contribution in [-0.2, 0) is 4.79 Å². The minimum Gasteiger partial charge on any atom is -0.411 e. The molecule has 0 radical (unpaired) electrons. The molecule has 4 heteroatoms. The highest BCUT2D eigenvalue weighted by molar-refractivity contribution is 6.31. The summed E-state index contributed by atoms with van der Waals surface area (Å²) in [4.78, 5) is 10.9. The Balaban J connectivity index is 2.64. The molecule has 0 saturated carbocycles. The molecule has 0 saturated heterocycles. The number of oxime groups is 1. The van der Waals surface area contributed by atoms with Crippen LogP contribution in [0.1, 0.15) is 5.56 Å². The van der Waals surface area contributed by atoms with E-state index >= 15 is 0 Å². The van der Waals surface area contributed by atoms with Crippen LogP contribution in [0.3, 0.4) is 0 Å². The summed E-state index contributed by atoms with van der Waals surface area (Å²) in [5.41, 5.74) is 1.80. The van der Waals surface area contributed by atoms with Crippen molar-refractivity contribution in [3.05, 3.63) is 29.8 Å². The summed E-state index contributed by atoms with van der Waals surface area (Å²) in [5.74, 6) is -0.452. The first-order chi connectivity index (χ1) is 6.22. The zero-order valence-electron chi connectivity index (χ0n) is 7.19. The monoisotopic (exact) mass is 178 g/mol. The minimum atomic E-state index is -0.452. The Morgan fingerprint density at radius 1 is 1.46 bits per heavy atom. The van der Waals surface area contributed by atoms with Gasteiger partial charge in [-0.05, 0) is 19.1 Å². The molecule has 1 aromatic rings. The quantitative estimate of drug-likeness (QED) is 0.408. The summed E-state index contributed by atoms with van der Waals surface area (Å²) in [7, 11) is 0. The Kier molecular flexibility index (Phi) is 3.03. The maximum Gasteiger partial charge on any atom is 0.270 e. The molecule has 1 aromatic carbocycles. The van der Waals surface area contributed by atoms with Gasteiger partial charge >= 0.3 is 0 Å². The first-order valence-electron chi connectivity index (χ1n) is 3.77. The van der Waals surface area contributed by atoms with E-state index in [0.29, 0.717) is 5.69 Å². The largest absolute Gasteiger partial charge is 0.411 e. The van der Waals surface area contributed by atoms with Crippen LogP contribution in [0.5, 0.6) is 0 Å². The van der Waals surface area contributed by atoms with Gasteiger partial charge in [-0.15, -0.1) is 0 Å². The summed E-state index contributed by atoms with van der Waals surface area (Å²) < 4.78 is 0. The molecule has 0 bridgehead atoms. The van der Waals surface area contributed by atoms with Gasteiger partial charge in [-0.1, -0.05) is 22.9 Å². The second-order valence-electron chi connectivity index (χ2n) is 2.60. The van der Waals surface area contributed by atoms with Gasteiger partial charge in [0, 0.05) is 5.69 Å². The van der Waals surface area contributed by atoms with Crippen LogP contribution in [0.2, 0.25) is 0 Å². The number of nitrogens with zero attached hydrogens (tertiary/aromatic N) is 1. The van der Waals surface area contributed by atoms with E-state index in [-0.39, 0.29) is 0 Å². The van der Waals surface area contributed by atoms with Crippen LogP contribution < -0.4 is 5.32 Å². The molecule has 2 N–H and O–H groups in total. The molecular weight excluding hydrogens is 168 g/mol. The normalized spacial score (nSPS) is 10.2. The van der Waals surface area contributed by atoms with Gasteiger partial charge in [-0.2, -0.15) is 0 Å². The van der Waals surface area contributed by atoms with Crippen molar-refractivity contribution in [3.63, 3.8) is 0 Å². The highest BCUT2D eigenvalue weighted by Crippen LogP contribution is 2.07. The van der Waals surface area contributed by atoms with E-state index in [1.54, 1.807) is 12.1 Å². The van der Waals surface area contributed by atoms with Crippen LogP contribution in [0.25, 0.3) is 0 Å². The molecule has 0 aliphatic rings. The fraction of sp³-hybridized carbons (Fsp3) is 0.111. The van der Waals surface area contributed by atoms with Gasteiger partial charge in [0.15, 0.2) is 0 Å². The molecule has 1 amide bonds. The fourth-order valence-corrected chi connectivity index (χ4v) is 0.864. The molecule has 4 nitrogen and oxygen atoms in total. The molecule has 0 unspecified atom stereocenters. The van der Waals surface area contributed by atoms with Gasteiger partial charge in [0.05, 0.1) is 0 Å². The van der Waals surface area contributed by atoms with Crippen molar-refractivity contribution in [1.29, 1.82) is 0 Å². The maximum absolute atomic E-state index is 10.9. The molecule has 13 heavy (non-hydrogen) atoms. The maximum atomic E-state index is 10.9. The van der Waals surface area contributed by atoms with Crippen LogP contribution in [0, 0.1) is 6.92 Å². The number of anilines is 1. The van der Waals surface area contributed by atoms with E-state index in [9.17, 15) is 4.79 Å². The van der Waals surface area contributed by atoms with Crippen molar-refractivity contribution in [2.24, 2.45) is 5.16 Å². The Morgan fingerprint density at radius 2 is 2.08 bits per heavy atom. The predicted octanol–water partition coefficient (Wildman–Crippen LogP) is 1.39. The number of hydrogen-bond acceptors (Lipinski definition) is 3. The van der Waals surface area contributed by atoms with Gasteiger partial charge in [0.1, 0.15) is 6.21 Å². The number of aryl methyl sites for hydroxylation is 1. The van der Waals surface area contributed by atoms with Gasteiger partial charge in [0.25, 0.3) is 5.91 Å². The number of rotatable bonds is 2. The predicted molar refractivity (Wildman–Crippen MR) is 50.1 cm³/mol. The summed E-state index contributed by atoms with van der Waals surface area (Å²) in [6.07, 6.45) is 0.805. The van der Waals surface area contributed by atoms with Gasteiger partial charge in [0.2, 0.25) is 0 Å². The van der Waals surface area contributed by atoms with Crippen molar-refractivity contribution in [3.8, 4) is 0 Å². The van der Waals surface area contributed by atoms with Crippen molar-refractivity contribution >= 4 is 17.8 Å². The van der Waals surface area contributed by atoms with Crippen LogP contribution in [-0.4, -0.2) is 17.3 Å². The lowest BCUT2D eigenvalue weighted by atomic mass is 10.2. The molecule has 68 valence electrons. The molecule has 0 aliphatic carbocycles. The lowest BCUT2D eigenvalue weighted by Gasteiger charge is -2.00. The van der Waals surface area contributed by atoms with E-state index in [2.05, 4.69) is 10.5 Å². The van der Waals surface area contributed by atoms with E-state index in [0.717, 1.165) is 11.8 Å². The summed E-state index contributed by atoms with van der Waals surface area (Å²) in [6.45, 7) is 1.96. The standard InChI is InChI=1S/C9H10N2O2/c1-7-2-4-8(5-3-7)11-9(12)6-10-13/h2-6,13H,1H3,(H,11,12). The smallest absolute Gasteiger partial charge is 0.270 e. The topological polar surface area (TPSA) is 61.7 Å². The van der Waals surface area contributed by atoms with Gasteiger partial charge in [-0.25, -0.2) is 0 Å². The average molecular weight is 178 g/mol. The third kappa shape index (κ3) is 2.94. The minimum absolute atomic E-state index is 0.452. The highest BCUT2D eigenvalue weighted by atomic mass is 16.4. The number of benzene rings is 1. The van der Waals surface area contributed by atoms with E-state index < -0.39 is 5.91 Å². The first kappa shape index (κ1) is 9.25. The molecule has 0 aliphatic heterocycles. The average Bonchev–Trinajstić information content (AvgIpc) is 2.09. The van der Waals surface area contributed by atoms with Gasteiger partial charge in [-0.3, -0.25) is 4.79 Å². The van der Waals surface area contributed by atoms with Crippen LogP contribution in [0.4, 0.5) is 5.69 Å². The number of hydrogen-bond donors (Lipinski definition) is 2. The second-order valence-corrected chi connectivity index (χ2v) is 2.60. The van der Waals surface area contributed by atoms with Crippen LogP contribution >= 0.6 is 0 Å². The molecule has 0 atom stereocenters.